The molecule has 1 aromatic carbocycles. The molecule has 1 rings (SSSR count). The third-order valence-corrected chi connectivity index (χ3v) is 4.22. The molecule has 2 N–H and O–H groups in total. The Bertz CT molecular complexity index is 539. The quantitative estimate of drug-likeness (QED) is 0.809. The second kappa shape index (κ2) is 5.53. The van der Waals surface area contributed by atoms with Gasteiger partial charge >= 0.3 is 0 Å². The topological polar surface area (TPSA) is 75.3 Å². The van der Waals surface area contributed by atoms with Crippen LogP contribution in [-0.4, -0.2) is 14.3 Å². The van der Waals surface area contributed by atoms with Crippen molar-refractivity contribution < 1.29 is 13.2 Å². The third kappa shape index (κ3) is 3.82. The summed E-state index contributed by atoms with van der Waals surface area (Å²) in [5.41, 5.74) is 1.95. The molecule has 5 nitrogen and oxygen atoms in total. The van der Waals surface area contributed by atoms with Crippen molar-refractivity contribution in [2.45, 2.75) is 11.8 Å². The summed E-state index contributed by atoms with van der Waals surface area (Å²) in [6, 6.07) is 2.77. The predicted octanol–water partition coefficient (Wildman–Crippen LogP) is 2.09. The fraction of sp³-hybridized carbons (Fsp3) is 0.125. The first kappa shape index (κ1) is 14.7. The number of hydrazine groups is 1. The first-order valence-electron chi connectivity index (χ1n) is 4.17. The number of amides is 1. The lowest BCUT2D eigenvalue weighted by Crippen LogP contribution is -2.40. The Balaban J connectivity index is 3.20. The van der Waals surface area contributed by atoms with Gasteiger partial charge in [0.15, 0.2) is 0 Å². The minimum absolute atomic E-state index is 0.0535. The summed E-state index contributed by atoms with van der Waals surface area (Å²) in [7, 11) is -4.00. The molecule has 1 amide bonds. The Hall–Kier alpha value is -0.340. The van der Waals surface area contributed by atoms with Gasteiger partial charge in [-0.15, -0.1) is 4.83 Å². The van der Waals surface area contributed by atoms with Gasteiger partial charge in [-0.1, -0.05) is 39.1 Å². The Kier molecular flexibility index (Phi) is 4.79. The number of rotatable bonds is 3. The normalized spacial score (nSPS) is 11.3. The maximum atomic E-state index is 11.8. The second-order valence-corrected chi connectivity index (χ2v) is 6.33. The molecule has 0 aliphatic carbocycles. The second-order valence-electron chi connectivity index (χ2n) is 2.99. The zero-order valence-electron chi connectivity index (χ0n) is 8.42. The average Bonchev–Trinajstić information content (AvgIpc) is 2.12. The van der Waals surface area contributed by atoms with Crippen LogP contribution in [0.2, 0.25) is 10.0 Å². The van der Waals surface area contributed by atoms with E-state index in [2.05, 4.69) is 15.9 Å². The number of halogens is 3. The largest absolute Gasteiger partial charge is 0.278 e. The van der Waals surface area contributed by atoms with E-state index in [9.17, 15) is 13.2 Å². The lowest BCUT2D eigenvalue weighted by atomic mass is 10.4. The van der Waals surface area contributed by atoms with E-state index in [0.29, 0.717) is 4.47 Å². The lowest BCUT2D eigenvalue weighted by Gasteiger charge is -2.10. The number of nitrogens with one attached hydrogen (secondary N) is 2. The van der Waals surface area contributed by atoms with Crippen LogP contribution in [0, 0.1) is 0 Å². The summed E-state index contributed by atoms with van der Waals surface area (Å²) in [6.45, 7) is 1.16. The molecule has 0 bridgehead atoms. The molecular formula is C8H7BrCl2N2O3S. The van der Waals surface area contributed by atoms with Gasteiger partial charge in [-0.3, -0.25) is 10.2 Å². The number of hydrogen-bond acceptors (Lipinski definition) is 3. The van der Waals surface area contributed by atoms with E-state index in [1.54, 1.807) is 0 Å². The van der Waals surface area contributed by atoms with Gasteiger partial charge in [-0.2, -0.15) is 0 Å². The number of carbonyl (C=O) groups is 1. The van der Waals surface area contributed by atoms with Crippen LogP contribution >= 0.6 is 39.1 Å². The van der Waals surface area contributed by atoms with Crippen molar-refractivity contribution in [3.05, 3.63) is 26.7 Å². The van der Waals surface area contributed by atoms with E-state index in [0.717, 1.165) is 6.92 Å². The lowest BCUT2D eigenvalue weighted by molar-refractivity contribution is -0.119. The van der Waals surface area contributed by atoms with Gasteiger partial charge in [0.25, 0.3) is 10.0 Å². The Morgan fingerprint density at radius 2 is 1.76 bits per heavy atom. The predicted molar refractivity (Wildman–Crippen MR) is 68.3 cm³/mol. The van der Waals surface area contributed by atoms with Crippen LogP contribution in [0.15, 0.2) is 21.5 Å². The van der Waals surface area contributed by atoms with Crippen molar-refractivity contribution in [3.63, 3.8) is 0 Å². The first-order valence-corrected chi connectivity index (χ1v) is 7.20. The van der Waals surface area contributed by atoms with E-state index in [1.165, 1.54) is 12.1 Å². The van der Waals surface area contributed by atoms with Gasteiger partial charge in [-0.05, 0) is 12.1 Å². The van der Waals surface area contributed by atoms with Crippen molar-refractivity contribution in [2.75, 3.05) is 0 Å². The Morgan fingerprint density at radius 1 is 1.29 bits per heavy atom. The molecule has 0 fully saturated rings. The molecule has 9 heteroatoms. The maximum absolute atomic E-state index is 11.8. The maximum Gasteiger partial charge on any atom is 0.260 e. The summed E-state index contributed by atoms with van der Waals surface area (Å²) in [5, 5.41) is -0.107. The van der Waals surface area contributed by atoms with Crippen molar-refractivity contribution in [2.24, 2.45) is 0 Å². The van der Waals surface area contributed by atoms with Gasteiger partial charge in [0.1, 0.15) is 4.90 Å². The molecular weight excluding hydrogens is 355 g/mol. The average molecular weight is 362 g/mol. The number of hydrogen-bond donors (Lipinski definition) is 2. The van der Waals surface area contributed by atoms with Crippen molar-refractivity contribution >= 4 is 55.1 Å². The van der Waals surface area contributed by atoms with Crippen LogP contribution < -0.4 is 10.3 Å². The molecule has 0 heterocycles. The standard InChI is InChI=1S/C8H7BrCl2N2O3S/c1-4(14)12-13-17(15,16)8-6(10)2-5(9)3-7(8)11/h2-3,13H,1H3,(H,12,14). The Labute approximate surface area is 117 Å². The van der Waals surface area contributed by atoms with Gasteiger partial charge in [0.2, 0.25) is 5.91 Å². The first-order chi connectivity index (χ1) is 7.74. The smallest absolute Gasteiger partial charge is 0.260 e. The van der Waals surface area contributed by atoms with E-state index in [4.69, 9.17) is 23.2 Å². The molecule has 0 spiro atoms. The highest BCUT2D eigenvalue weighted by Crippen LogP contribution is 2.32. The van der Waals surface area contributed by atoms with Crippen molar-refractivity contribution in [3.8, 4) is 0 Å². The van der Waals surface area contributed by atoms with E-state index in [-0.39, 0.29) is 14.9 Å². The Morgan fingerprint density at radius 3 is 2.18 bits per heavy atom. The van der Waals surface area contributed by atoms with Crippen LogP contribution in [0.4, 0.5) is 0 Å². The SMILES string of the molecule is CC(=O)NNS(=O)(=O)c1c(Cl)cc(Br)cc1Cl. The summed E-state index contributed by atoms with van der Waals surface area (Å²) in [4.78, 5) is 12.2. The van der Waals surface area contributed by atoms with Crippen LogP contribution in [0.25, 0.3) is 0 Å². The fourth-order valence-corrected chi connectivity index (χ4v) is 3.81. The van der Waals surface area contributed by atoms with E-state index >= 15 is 0 Å². The highest BCUT2D eigenvalue weighted by Gasteiger charge is 2.22. The summed E-state index contributed by atoms with van der Waals surface area (Å²) in [5.74, 6) is -0.557. The third-order valence-electron chi connectivity index (χ3n) is 1.59. The highest BCUT2D eigenvalue weighted by atomic mass is 79.9. The summed E-state index contributed by atoms with van der Waals surface area (Å²) >= 11 is 14.7. The van der Waals surface area contributed by atoms with Crippen LogP contribution in [-0.2, 0) is 14.8 Å². The van der Waals surface area contributed by atoms with E-state index in [1.807, 2.05) is 10.3 Å². The van der Waals surface area contributed by atoms with E-state index < -0.39 is 15.9 Å². The van der Waals surface area contributed by atoms with Gasteiger partial charge < -0.3 is 0 Å². The van der Waals surface area contributed by atoms with Gasteiger partial charge in [0.05, 0.1) is 10.0 Å². The number of benzene rings is 1. The summed E-state index contributed by atoms with van der Waals surface area (Å²) in [6.07, 6.45) is 0. The minimum atomic E-state index is -4.00. The molecule has 0 aliphatic rings. The molecule has 0 atom stereocenters. The van der Waals surface area contributed by atoms with Crippen LogP contribution in [0.5, 0.6) is 0 Å². The van der Waals surface area contributed by atoms with Crippen molar-refractivity contribution in [1.29, 1.82) is 0 Å². The number of sulfonamides is 1. The fourth-order valence-electron chi connectivity index (χ4n) is 0.976. The van der Waals surface area contributed by atoms with Gasteiger partial charge in [0, 0.05) is 11.4 Å². The highest BCUT2D eigenvalue weighted by molar-refractivity contribution is 9.10. The minimum Gasteiger partial charge on any atom is -0.278 e. The molecule has 0 aliphatic heterocycles. The molecule has 0 radical (unpaired) electrons. The number of carbonyl (C=O) groups excluding carboxylic acids is 1. The molecule has 0 aromatic heterocycles. The van der Waals surface area contributed by atoms with Crippen LogP contribution in [0.3, 0.4) is 0 Å². The molecule has 0 saturated heterocycles. The zero-order valence-corrected chi connectivity index (χ0v) is 12.3. The monoisotopic (exact) mass is 360 g/mol. The molecule has 94 valence electrons. The van der Waals surface area contributed by atoms with Crippen molar-refractivity contribution in [1.82, 2.24) is 10.3 Å². The molecule has 0 unspecified atom stereocenters. The zero-order chi connectivity index (χ0) is 13.2. The molecule has 17 heavy (non-hydrogen) atoms. The van der Waals surface area contributed by atoms with Crippen LogP contribution in [0.1, 0.15) is 6.92 Å². The van der Waals surface area contributed by atoms with Gasteiger partial charge in [-0.25, -0.2) is 8.42 Å². The summed E-state index contributed by atoms with van der Waals surface area (Å²) < 4.78 is 24.1. The molecule has 1 aromatic rings. The molecule has 0 saturated carbocycles.